The molecule has 1 aromatic rings. The summed E-state index contributed by atoms with van der Waals surface area (Å²) in [7, 11) is 0. The van der Waals surface area contributed by atoms with Crippen LogP contribution in [0, 0.1) is 10.1 Å². The lowest BCUT2D eigenvalue weighted by molar-refractivity contribution is -0.384. The number of aldehydes is 1. The second-order valence-electron chi connectivity index (χ2n) is 4.47. The third-order valence-electron chi connectivity index (χ3n) is 3.01. The number of nitro groups is 1. The third kappa shape index (κ3) is 3.99. The molecule has 21 heavy (non-hydrogen) atoms. The summed E-state index contributed by atoms with van der Waals surface area (Å²) in [4.78, 5) is 33.9. The smallest absolute Gasteiger partial charge is 0.410 e. The molecule has 8 nitrogen and oxygen atoms in total. The second kappa shape index (κ2) is 6.80. The van der Waals surface area contributed by atoms with E-state index in [1.165, 1.54) is 29.2 Å². The zero-order valence-corrected chi connectivity index (χ0v) is 11.1. The molecule has 0 spiro atoms. The van der Waals surface area contributed by atoms with Crippen molar-refractivity contribution in [2.24, 2.45) is 0 Å². The summed E-state index contributed by atoms with van der Waals surface area (Å²) in [6.45, 7) is 0.835. The van der Waals surface area contributed by atoms with Gasteiger partial charge in [-0.25, -0.2) is 4.79 Å². The summed E-state index contributed by atoms with van der Waals surface area (Å²) in [5.74, 6) is 0. The SMILES string of the molecule is O=CC1CN(C(=O)OCc2ccc([N+](=O)[O-])cc2)CCO1. The van der Waals surface area contributed by atoms with Crippen LogP contribution < -0.4 is 0 Å². The molecule has 0 aromatic heterocycles. The van der Waals surface area contributed by atoms with Crippen LogP contribution in [-0.2, 0) is 20.9 Å². The van der Waals surface area contributed by atoms with Crippen molar-refractivity contribution in [2.45, 2.75) is 12.7 Å². The van der Waals surface area contributed by atoms with Crippen molar-refractivity contribution < 1.29 is 24.0 Å². The van der Waals surface area contributed by atoms with Crippen LogP contribution in [0.5, 0.6) is 0 Å². The van der Waals surface area contributed by atoms with Gasteiger partial charge in [-0.05, 0) is 17.7 Å². The fourth-order valence-electron chi connectivity index (χ4n) is 1.87. The molecule has 1 atom stereocenters. The first kappa shape index (κ1) is 14.9. The molecule has 0 saturated carbocycles. The zero-order chi connectivity index (χ0) is 15.2. The average Bonchev–Trinajstić information content (AvgIpc) is 2.53. The van der Waals surface area contributed by atoms with Gasteiger partial charge in [-0.15, -0.1) is 0 Å². The number of amides is 1. The summed E-state index contributed by atoms with van der Waals surface area (Å²) in [6, 6.07) is 5.75. The highest BCUT2D eigenvalue weighted by atomic mass is 16.6. The molecule has 1 saturated heterocycles. The van der Waals surface area contributed by atoms with Crippen molar-refractivity contribution in [2.75, 3.05) is 19.7 Å². The van der Waals surface area contributed by atoms with Crippen LogP contribution >= 0.6 is 0 Å². The van der Waals surface area contributed by atoms with Gasteiger partial charge in [0.2, 0.25) is 0 Å². The van der Waals surface area contributed by atoms with Gasteiger partial charge in [0.05, 0.1) is 18.1 Å². The largest absolute Gasteiger partial charge is 0.445 e. The first-order valence-electron chi connectivity index (χ1n) is 6.32. The van der Waals surface area contributed by atoms with Crippen LogP contribution in [0.1, 0.15) is 5.56 Å². The van der Waals surface area contributed by atoms with Gasteiger partial charge in [0.1, 0.15) is 12.7 Å². The fourth-order valence-corrected chi connectivity index (χ4v) is 1.87. The maximum Gasteiger partial charge on any atom is 0.410 e. The predicted octanol–water partition coefficient (Wildman–Crippen LogP) is 1.13. The molecule has 0 aliphatic carbocycles. The predicted molar refractivity (Wildman–Crippen MR) is 70.7 cm³/mol. The van der Waals surface area contributed by atoms with E-state index in [0.29, 0.717) is 18.4 Å². The first-order valence-corrected chi connectivity index (χ1v) is 6.32. The summed E-state index contributed by atoms with van der Waals surface area (Å²) >= 11 is 0. The van der Waals surface area contributed by atoms with Gasteiger partial charge in [0.25, 0.3) is 5.69 Å². The van der Waals surface area contributed by atoms with Crippen LogP contribution in [0.3, 0.4) is 0 Å². The number of morpholine rings is 1. The van der Waals surface area contributed by atoms with E-state index >= 15 is 0 Å². The standard InChI is InChI=1S/C13H14N2O6/c16-8-12-7-14(5-6-20-12)13(17)21-9-10-1-3-11(4-2-10)15(18)19/h1-4,8,12H,5-7,9H2. The number of non-ortho nitro benzene ring substituents is 1. The van der Waals surface area contributed by atoms with Crippen LogP contribution in [0.4, 0.5) is 10.5 Å². The maximum atomic E-state index is 11.8. The highest BCUT2D eigenvalue weighted by Gasteiger charge is 2.24. The second-order valence-corrected chi connectivity index (χ2v) is 4.47. The molecule has 1 heterocycles. The van der Waals surface area contributed by atoms with Crippen molar-refractivity contribution >= 4 is 18.1 Å². The van der Waals surface area contributed by atoms with Crippen LogP contribution in [-0.4, -0.2) is 48.0 Å². The number of hydrogen-bond donors (Lipinski definition) is 0. The molecule has 1 aliphatic rings. The van der Waals surface area contributed by atoms with Crippen molar-refractivity contribution in [3.8, 4) is 0 Å². The van der Waals surface area contributed by atoms with Crippen molar-refractivity contribution in [1.82, 2.24) is 4.90 Å². The summed E-state index contributed by atoms with van der Waals surface area (Å²) in [6.07, 6.45) is -0.510. The Bertz CT molecular complexity index is 530. The van der Waals surface area contributed by atoms with Crippen molar-refractivity contribution in [3.63, 3.8) is 0 Å². The summed E-state index contributed by atoms with van der Waals surface area (Å²) in [5, 5.41) is 10.5. The highest BCUT2D eigenvalue weighted by molar-refractivity contribution is 5.69. The lowest BCUT2D eigenvalue weighted by atomic mass is 10.2. The monoisotopic (exact) mass is 294 g/mol. The van der Waals surface area contributed by atoms with E-state index in [1.807, 2.05) is 0 Å². The van der Waals surface area contributed by atoms with Crippen LogP contribution in [0.2, 0.25) is 0 Å². The van der Waals surface area contributed by atoms with Crippen LogP contribution in [0.15, 0.2) is 24.3 Å². The molecule has 2 rings (SSSR count). The molecule has 0 bridgehead atoms. The van der Waals surface area contributed by atoms with Crippen molar-refractivity contribution in [1.29, 1.82) is 0 Å². The highest BCUT2D eigenvalue weighted by Crippen LogP contribution is 2.13. The fraction of sp³-hybridized carbons (Fsp3) is 0.385. The molecule has 8 heteroatoms. The topological polar surface area (TPSA) is 99.0 Å². The molecule has 1 fully saturated rings. The molecule has 112 valence electrons. The number of carbonyl (C=O) groups excluding carboxylic acids is 2. The lowest BCUT2D eigenvalue weighted by Crippen LogP contribution is -2.46. The Morgan fingerprint density at radius 3 is 2.81 bits per heavy atom. The van der Waals surface area contributed by atoms with Gasteiger partial charge in [0, 0.05) is 18.7 Å². The Labute approximate surface area is 120 Å². The summed E-state index contributed by atoms with van der Waals surface area (Å²) < 4.78 is 10.2. The van der Waals surface area contributed by atoms with E-state index in [1.54, 1.807) is 0 Å². The molecular weight excluding hydrogens is 280 g/mol. The third-order valence-corrected chi connectivity index (χ3v) is 3.01. The zero-order valence-electron chi connectivity index (χ0n) is 11.1. The molecule has 1 amide bonds. The number of ether oxygens (including phenoxy) is 2. The Hall–Kier alpha value is -2.48. The minimum absolute atomic E-state index is 0.0138. The number of nitro benzene ring substituents is 1. The minimum Gasteiger partial charge on any atom is -0.445 e. The molecule has 1 aromatic carbocycles. The molecule has 0 radical (unpaired) electrons. The first-order chi connectivity index (χ1) is 10.1. The lowest BCUT2D eigenvalue weighted by Gasteiger charge is -2.29. The Morgan fingerprint density at radius 1 is 1.48 bits per heavy atom. The van der Waals surface area contributed by atoms with E-state index in [9.17, 15) is 19.7 Å². The minimum atomic E-state index is -0.620. The van der Waals surface area contributed by atoms with E-state index in [0.717, 1.165) is 0 Å². The molecule has 1 aliphatic heterocycles. The van der Waals surface area contributed by atoms with Gasteiger partial charge in [-0.3, -0.25) is 10.1 Å². The van der Waals surface area contributed by atoms with E-state index in [-0.39, 0.29) is 25.4 Å². The number of nitrogens with zero attached hydrogens (tertiary/aromatic N) is 2. The van der Waals surface area contributed by atoms with E-state index < -0.39 is 17.1 Å². The Kier molecular flexibility index (Phi) is 4.83. The normalized spacial score (nSPS) is 18.1. The van der Waals surface area contributed by atoms with Gasteiger partial charge >= 0.3 is 6.09 Å². The van der Waals surface area contributed by atoms with E-state index in [2.05, 4.69) is 0 Å². The molecular formula is C13H14N2O6. The number of rotatable bonds is 4. The van der Waals surface area contributed by atoms with Gasteiger partial charge < -0.3 is 19.2 Å². The van der Waals surface area contributed by atoms with Crippen molar-refractivity contribution in [3.05, 3.63) is 39.9 Å². The Morgan fingerprint density at radius 2 is 2.19 bits per heavy atom. The number of carbonyl (C=O) groups is 2. The number of hydrogen-bond acceptors (Lipinski definition) is 6. The Balaban J connectivity index is 1.85. The van der Waals surface area contributed by atoms with Gasteiger partial charge in [-0.2, -0.15) is 0 Å². The molecule has 0 N–H and O–H groups in total. The van der Waals surface area contributed by atoms with Crippen LogP contribution in [0.25, 0.3) is 0 Å². The maximum absolute atomic E-state index is 11.8. The number of benzene rings is 1. The van der Waals surface area contributed by atoms with Gasteiger partial charge in [0.15, 0.2) is 6.29 Å². The molecule has 1 unspecified atom stereocenters. The van der Waals surface area contributed by atoms with E-state index in [4.69, 9.17) is 9.47 Å². The summed E-state index contributed by atoms with van der Waals surface area (Å²) in [5.41, 5.74) is 0.626. The average molecular weight is 294 g/mol. The van der Waals surface area contributed by atoms with Gasteiger partial charge in [-0.1, -0.05) is 0 Å². The quantitative estimate of drug-likeness (QED) is 0.469.